The molecule has 0 aliphatic rings. The van der Waals surface area contributed by atoms with Crippen LogP contribution in [0.2, 0.25) is 0 Å². The van der Waals surface area contributed by atoms with Gasteiger partial charge < -0.3 is 9.84 Å². The second-order valence-electron chi connectivity index (χ2n) is 4.61. The second kappa shape index (κ2) is 5.03. The van der Waals surface area contributed by atoms with Crippen molar-refractivity contribution in [3.63, 3.8) is 0 Å². The fourth-order valence-electron chi connectivity index (χ4n) is 1.20. The van der Waals surface area contributed by atoms with Gasteiger partial charge in [-0.2, -0.15) is 0 Å². The molecule has 0 fully saturated rings. The number of halogens is 1. The third kappa shape index (κ3) is 3.44. The highest BCUT2D eigenvalue weighted by Crippen LogP contribution is 2.28. The number of rotatable bonds is 2. The van der Waals surface area contributed by atoms with Gasteiger partial charge in [0.2, 0.25) is 0 Å². The molecule has 6 heteroatoms. The van der Waals surface area contributed by atoms with Crippen molar-refractivity contribution >= 4 is 18.1 Å². The van der Waals surface area contributed by atoms with Crippen molar-refractivity contribution in [1.29, 1.82) is 0 Å². The Kier molecular flexibility index (Phi) is 3.90. The highest BCUT2D eigenvalue weighted by Gasteiger charge is 2.20. The van der Waals surface area contributed by atoms with E-state index in [1.54, 1.807) is 20.8 Å². The topological polar surface area (TPSA) is 75.6 Å². The summed E-state index contributed by atoms with van der Waals surface area (Å²) in [5.74, 6) is -1.49. The van der Waals surface area contributed by atoms with Crippen LogP contribution in [0.25, 0.3) is 0 Å². The molecule has 0 bridgehead atoms. The molecule has 1 aromatic rings. The van der Waals surface area contributed by atoms with E-state index in [0.717, 1.165) is 12.1 Å². The van der Waals surface area contributed by atoms with Crippen molar-refractivity contribution in [3.8, 4) is 5.75 Å². The van der Waals surface area contributed by atoms with Crippen LogP contribution in [-0.4, -0.2) is 23.1 Å². The molecule has 0 aromatic heterocycles. The molecule has 0 saturated carbocycles. The molecule has 1 rings (SSSR count). The molecule has 0 atom stereocenters. The van der Waals surface area contributed by atoms with Crippen LogP contribution >= 0.6 is 0 Å². The summed E-state index contributed by atoms with van der Waals surface area (Å²) in [6.45, 7) is 4.93. The van der Waals surface area contributed by atoms with E-state index in [-0.39, 0.29) is 11.8 Å². The molecular formula is C12H14FNO4. The lowest BCUT2D eigenvalue weighted by Crippen LogP contribution is -2.27. The van der Waals surface area contributed by atoms with Gasteiger partial charge in [-0.1, -0.05) is 0 Å². The van der Waals surface area contributed by atoms with Gasteiger partial charge in [0.1, 0.15) is 17.0 Å². The number of amides is 1. The Morgan fingerprint density at radius 3 is 2.56 bits per heavy atom. The number of phenols is 1. The molecule has 0 radical (unpaired) electrons. The van der Waals surface area contributed by atoms with Gasteiger partial charge in [0, 0.05) is 0 Å². The largest absolute Gasteiger partial charge is 0.506 e. The average molecular weight is 255 g/mol. The van der Waals surface area contributed by atoms with Crippen LogP contribution in [0.5, 0.6) is 5.75 Å². The van der Waals surface area contributed by atoms with Crippen molar-refractivity contribution in [2.75, 3.05) is 5.32 Å². The van der Waals surface area contributed by atoms with Crippen molar-refractivity contribution in [1.82, 2.24) is 0 Å². The van der Waals surface area contributed by atoms with Crippen molar-refractivity contribution in [2.24, 2.45) is 0 Å². The first-order valence-corrected chi connectivity index (χ1v) is 5.21. The molecule has 0 spiro atoms. The van der Waals surface area contributed by atoms with E-state index in [0.29, 0.717) is 0 Å². The molecule has 5 nitrogen and oxygen atoms in total. The number of nitrogens with one attached hydrogen (secondary N) is 1. The lowest BCUT2D eigenvalue weighted by Gasteiger charge is -2.20. The van der Waals surface area contributed by atoms with Gasteiger partial charge >= 0.3 is 6.09 Å². The van der Waals surface area contributed by atoms with Gasteiger partial charge in [-0.3, -0.25) is 10.1 Å². The van der Waals surface area contributed by atoms with Crippen LogP contribution in [0.3, 0.4) is 0 Å². The van der Waals surface area contributed by atoms with E-state index < -0.39 is 28.9 Å². The number of carbonyl (C=O) groups is 2. The third-order valence-electron chi connectivity index (χ3n) is 1.90. The first-order valence-electron chi connectivity index (χ1n) is 5.21. The van der Waals surface area contributed by atoms with Gasteiger partial charge in [0.05, 0.1) is 5.56 Å². The van der Waals surface area contributed by atoms with E-state index in [2.05, 4.69) is 5.32 Å². The van der Waals surface area contributed by atoms with Gasteiger partial charge in [0.15, 0.2) is 12.1 Å². The standard InChI is InChI=1S/C12H14FNO4/c1-12(2,3)18-11(17)14-10-8(16)5-4-7(6-15)9(10)13/h4-6,16H,1-3H3,(H,14,17). The summed E-state index contributed by atoms with van der Waals surface area (Å²) < 4.78 is 18.6. The molecule has 0 saturated heterocycles. The molecule has 0 aliphatic carbocycles. The first-order chi connectivity index (χ1) is 8.24. The molecule has 0 aliphatic heterocycles. The minimum Gasteiger partial charge on any atom is -0.506 e. The molecule has 18 heavy (non-hydrogen) atoms. The van der Waals surface area contributed by atoms with E-state index in [1.807, 2.05) is 0 Å². The minimum atomic E-state index is -1.00. The SMILES string of the molecule is CC(C)(C)OC(=O)Nc1c(O)ccc(C=O)c1F. The number of ether oxygens (including phenoxy) is 1. The smallest absolute Gasteiger partial charge is 0.412 e. The Bertz CT molecular complexity index is 480. The molecule has 98 valence electrons. The number of benzene rings is 1. The van der Waals surface area contributed by atoms with Gasteiger partial charge in [0.25, 0.3) is 0 Å². The fourth-order valence-corrected chi connectivity index (χ4v) is 1.20. The Balaban J connectivity index is 2.97. The third-order valence-corrected chi connectivity index (χ3v) is 1.90. The van der Waals surface area contributed by atoms with Crippen LogP contribution in [0.4, 0.5) is 14.9 Å². The summed E-state index contributed by atoms with van der Waals surface area (Å²) in [7, 11) is 0. The highest BCUT2D eigenvalue weighted by atomic mass is 19.1. The number of aldehydes is 1. The molecule has 1 aromatic carbocycles. The maximum Gasteiger partial charge on any atom is 0.412 e. The quantitative estimate of drug-likeness (QED) is 0.629. The average Bonchev–Trinajstić information content (AvgIpc) is 2.22. The minimum absolute atomic E-state index is 0.265. The number of aromatic hydroxyl groups is 1. The maximum atomic E-state index is 13.7. The normalized spacial score (nSPS) is 10.9. The second-order valence-corrected chi connectivity index (χ2v) is 4.61. The Labute approximate surface area is 104 Å². The van der Waals surface area contributed by atoms with Gasteiger partial charge in [-0.25, -0.2) is 9.18 Å². The van der Waals surface area contributed by atoms with Crippen LogP contribution in [-0.2, 0) is 4.74 Å². The van der Waals surface area contributed by atoms with E-state index in [9.17, 15) is 19.1 Å². The van der Waals surface area contributed by atoms with E-state index in [1.165, 1.54) is 0 Å². The predicted molar refractivity (Wildman–Crippen MR) is 63.3 cm³/mol. The molecule has 2 N–H and O–H groups in total. The van der Waals surface area contributed by atoms with Crippen molar-refractivity contribution < 1.29 is 23.8 Å². The molecule has 0 heterocycles. The summed E-state index contributed by atoms with van der Waals surface area (Å²) in [4.78, 5) is 22.0. The zero-order valence-corrected chi connectivity index (χ0v) is 10.3. The maximum absolute atomic E-state index is 13.7. The summed E-state index contributed by atoms with van der Waals surface area (Å²) in [6, 6.07) is 2.22. The zero-order chi connectivity index (χ0) is 13.9. The molecule has 0 unspecified atom stereocenters. The van der Waals surface area contributed by atoms with Crippen molar-refractivity contribution in [2.45, 2.75) is 26.4 Å². The van der Waals surface area contributed by atoms with Crippen LogP contribution in [0, 0.1) is 5.82 Å². The Morgan fingerprint density at radius 2 is 2.06 bits per heavy atom. The number of hydrogen-bond acceptors (Lipinski definition) is 4. The predicted octanol–water partition coefficient (Wildman–Crippen LogP) is 2.69. The summed E-state index contributed by atoms with van der Waals surface area (Å²) >= 11 is 0. The van der Waals surface area contributed by atoms with E-state index >= 15 is 0 Å². The highest BCUT2D eigenvalue weighted by molar-refractivity contribution is 5.89. The molecular weight excluding hydrogens is 241 g/mol. The number of phenolic OH excluding ortho intramolecular Hbond substituents is 1. The lowest BCUT2D eigenvalue weighted by molar-refractivity contribution is 0.0634. The summed E-state index contributed by atoms with van der Waals surface area (Å²) in [6.07, 6.45) is -0.630. The summed E-state index contributed by atoms with van der Waals surface area (Å²) in [5, 5.41) is 11.5. The Hall–Kier alpha value is -2.11. The number of hydrogen-bond donors (Lipinski definition) is 2. The van der Waals surface area contributed by atoms with Crippen LogP contribution in [0.1, 0.15) is 31.1 Å². The fraction of sp³-hybridized carbons (Fsp3) is 0.333. The summed E-state index contributed by atoms with van der Waals surface area (Å²) in [5.41, 5.74) is -1.49. The molecule has 1 amide bonds. The van der Waals surface area contributed by atoms with Gasteiger partial charge in [-0.05, 0) is 32.9 Å². The zero-order valence-electron chi connectivity index (χ0n) is 10.3. The Morgan fingerprint density at radius 1 is 1.44 bits per heavy atom. The van der Waals surface area contributed by atoms with Crippen LogP contribution < -0.4 is 5.32 Å². The monoisotopic (exact) mass is 255 g/mol. The van der Waals surface area contributed by atoms with Crippen molar-refractivity contribution in [3.05, 3.63) is 23.5 Å². The van der Waals surface area contributed by atoms with Crippen LogP contribution in [0.15, 0.2) is 12.1 Å². The first kappa shape index (κ1) is 14.0. The van der Waals surface area contributed by atoms with Gasteiger partial charge in [-0.15, -0.1) is 0 Å². The number of carbonyl (C=O) groups excluding carboxylic acids is 2. The lowest BCUT2D eigenvalue weighted by atomic mass is 10.2. The van der Waals surface area contributed by atoms with E-state index in [4.69, 9.17) is 4.74 Å². The number of anilines is 1.